The SMILES string of the molecule is COC(=O)/C=C(\C)N=NC(=O)OCc1ccccc1. The standard InChI is InChI=1S/C13H14N2O4/c1-10(8-12(16)18-2)14-15-13(17)19-9-11-6-4-3-5-7-11/h3-8H,9H2,1-2H3/b10-8+,15-14?. The number of azo groups is 1. The van der Waals surface area contributed by atoms with Crippen molar-refractivity contribution < 1.29 is 19.1 Å². The molecular weight excluding hydrogens is 248 g/mol. The molecule has 0 aliphatic carbocycles. The molecule has 1 aromatic carbocycles. The van der Waals surface area contributed by atoms with E-state index in [1.165, 1.54) is 14.0 Å². The van der Waals surface area contributed by atoms with Crippen molar-refractivity contribution in [2.75, 3.05) is 7.11 Å². The van der Waals surface area contributed by atoms with E-state index in [0.29, 0.717) is 0 Å². The monoisotopic (exact) mass is 262 g/mol. The van der Waals surface area contributed by atoms with Crippen molar-refractivity contribution >= 4 is 12.1 Å². The van der Waals surface area contributed by atoms with Crippen molar-refractivity contribution in [1.82, 2.24) is 0 Å². The van der Waals surface area contributed by atoms with Gasteiger partial charge in [-0.25, -0.2) is 9.59 Å². The summed E-state index contributed by atoms with van der Waals surface area (Å²) in [7, 11) is 1.25. The third-order valence-electron chi connectivity index (χ3n) is 2.02. The van der Waals surface area contributed by atoms with E-state index in [1.54, 1.807) is 0 Å². The third-order valence-corrected chi connectivity index (χ3v) is 2.02. The van der Waals surface area contributed by atoms with E-state index in [-0.39, 0.29) is 12.3 Å². The molecule has 0 atom stereocenters. The second kappa shape index (κ2) is 7.75. The van der Waals surface area contributed by atoms with Crippen LogP contribution in [0, 0.1) is 0 Å². The fraction of sp³-hybridized carbons (Fsp3) is 0.231. The number of carbonyl (C=O) groups excluding carboxylic acids is 2. The van der Waals surface area contributed by atoms with Gasteiger partial charge < -0.3 is 9.47 Å². The molecule has 0 aliphatic rings. The largest absolute Gasteiger partial charge is 0.466 e. The summed E-state index contributed by atoms with van der Waals surface area (Å²) in [6.07, 6.45) is 0.301. The predicted octanol–water partition coefficient (Wildman–Crippen LogP) is 2.85. The highest BCUT2D eigenvalue weighted by Gasteiger charge is 2.01. The molecule has 6 heteroatoms. The predicted molar refractivity (Wildman–Crippen MR) is 67.3 cm³/mol. The van der Waals surface area contributed by atoms with Gasteiger partial charge in [0.1, 0.15) is 6.61 Å². The molecule has 0 saturated carbocycles. The molecule has 0 N–H and O–H groups in total. The molecule has 1 aromatic rings. The summed E-state index contributed by atoms with van der Waals surface area (Å²) >= 11 is 0. The first-order valence-electron chi connectivity index (χ1n) is 5.50. The maximum absolute atomic E-state index is 11.3. The molecule has 1 amide bonds. The molecule has 0 aromatic heterocycles. The lowest BCUT2D eigenvalue weighted by Crippen LogP contribution is -1.99. The number of carbonyl (C=O) groups is 2. The van der Waals surface area contributed by atoms with Gasteiger partial charge in [-0.1, -0.05) is 35.4 Å². The van der Waals surface area contributed by atoms with E-state index in [4.69, 9.17) is 4.74 Å². The van der Waals surface area contributed by atoms with E-state index >= 15 is 0 Å². The molecular formula is C13H14N2O4. The van der Waals surface area contributed by atoms with Gasteiger partial charge in [-0.05, 0) is 12.5 Å². The van der Waals surface area contributed by atoms with Crippen LogP contribution >= 0.6 is 0 Å². The van der Waals surface area contributed by atoms with Crippen LogP contribution in [0.1, 0.15) is 12.5 Å². The number of allylic oxidation sites excluding steroid dienone is 1. The van der Waals surface area contributed by atoms with Gasteiger partial charge in [0.15, 0.2) is 0 Å². The fourth-order valence-corrected chi connectivity index (χ4v) is 1.13. The van der Waals surface area contributed by atoms with Gasteiger partial charge in [-0.2, -0.15) is 0 Å². The third kappa shape index (κ3) is 6.11. The van der Waals surface area contributed by atoms with Crippen molar-refractivity contribution in [2.45, 2.75) is 13.5 Å². The molecule has 0 radical (unpaired) electrons. The number of hydrogen-bond acceptors (Lipinski definition) is 5. The van der Waals surface area contributed by atoms with E-state index in [1.807, 2.05) is 30.3 Å². The summed E-state index contributed by atoms with van der Waals surface area (Å²) in [4.78, 5) is 22.1. The summed E-state index contributed by atoms with van der Waals surface area (Å²) < 4.78 is 9.27. The van der Waals surface area contributed by atoms with Crippen LogP contribution in [0.2, 0.25) is 0 Å². The van der Waals surface area contributed by atoms with Gasteiger partial charge in [-0.3, -0.25) is 0 Å². The zero-order chi connectivity index (χ0) is 14.1. The second-order valence-corrected chi connectivity index (χ2v) is 3.55. The Morgan fingerprint density at radius 2 is 1.89 bits per heavy atom. The fourth-order valence-electron chi connectivity index (χ4n) is 1.13. The van der Waals surface area contributed by atoms with Gasteiger partial charge in [0.05, 0.1) is 12.8 Å². The molecule has 0 fully saturated rings. The van der Waals surface area contributed by atoms with Gasteiger partial charge >= 0.3 is 12.1 Å². The average Bonchev–Trinajstić information content (AvgIpc) is 2.43. The Kier molecular flexibility index (Phi) is 5.94. The summed E-state index contributed by atoms with van der Waals surface area (Å²) in [5, 5.41) is 6.85. The van der Waals surface area contributed by atoms with Crippen LogP contribution in [-0.2, 0) is 20.9 Å². The number of rotatable bonds is 4. The Labute approximate surface area is 110 Å². The molecule has 1 rings (SSSR count). The second-order valence-electron chi connectivity index (χ2n) is 3.55. The van der Waals surface area contributed by atoms with Crippen LogP contribution in [-0.4, -0.2) is 19.2 Å². The summed E-state index contributed by atoms with van der Waals surface area (Å²) in [6, 6.07) is 9.20. The minimum Gasteiger partial charge on any atom is -0.466 e. The highest BCUT2D eigenvalue weighted by atomic mass is 16.5. The van der Waals surface area contributed by atoms with Crippen LogP contribution in [0.3, 0.4) is 0 Å². The summed E-state index contributed by atoms with van der Waals surface area (Å²) in [5.74, 6) is -0.561. The number of hydrogen-bond donors (Lipinski definition) is 0. The number of ether oxygens (including phenoxy) is 2. The maximum atomic E-state index is 11.3. The van der Waals surface area contributed by atoms with E-state index in [0.717, 1.165) is 11.6 Å². The summed E-state index contributed by atoms with van der Waals surface area (Å²) in [6.45, 7) is 1.64. The minimum atomic E-state index is -0.818. The molecule has 6 nitrogen and oxygen atoms in total. The highest BCUT2D eigenvalue weighted by Crippen LogP contribution is 2.03. The Bertz CT molecular complexity index is 495. The molecule has 100 valence electrons. The van der Waals surface area contributed by atoms with E-state index in [9.17, 15) is 9.59 Å². The normalized spacial score (nSPS) is 11.4. The van der Waals surface area contributed by atoms with Crippen LogP contribution < -0.4 is 0 Å². The number of nitrogens with zero attached hydrogens (tertiary/aromatic N) is 2. The first-order valence-corrected chi connectivity index (χ1v) is 5.50. The maximum Gasteiger partial charge on any atom is 0.452 e. The summed E-state index contributed by atoms with van der Waals surface area (Å²) in [5.41, 5.74) is 1.11. The number of methoxy groups -OCH3 is 1. The lowest BCUT2D eigenvalue weighted by molar-refractivity contribution is -0.134. The number of esters is 1. The highest BCUT2D eigenvalue weighted by molar-refractivity contribution is 5.82. The van der Waals surface area contributed by atoms with E-state index < -0.39 is 12.1 Å². The lowest BCUT2D eigenvalue weighted by Gasteiger charge is -2.00. The van der Waals surface area contributed by atoms with Crippen LogP contribution in [0.4, 0.5) is 4.79 Å². The van der Waals surface area contributed by atoms with Gasteiger partial charge in [-0.15, -0.1) is 5.11 Å². The molecule has 0 spiro atoms. The van der Waals surface area contributed by atoms with Gasteiger partial charge in [0, 0.05) is 6.08 Å². The minimum absolute atomic E-state index is 0.123. The van der Waals surface area contributed by atoms with Crippen molar-refractivity contribution in [3.8, 4) is 0 Å². The Hall–Kier alpha value is -2.50. The van der Waals surface area contributed by atoms with Crippen LogP contribution in [0.5, 0.6) is 0 Å². The van der Waals surface area contributed by atoms with Gasteiger partial charge in [0.2, 0.25) is 0 Å². The van der Waals surface area contributed by atoms with Gasteiger partial charge in [0.25, 0.3) is 0 Å². The van der Waals surface area contributed by atoms with E-state index in [2.05, 4.69) is 15.0 Å². The molecule has 19 heavy (non-hydrogen) atoms. The van der Waals surface area contributed by atoms with Crippen molar-refractivity contribution in [1.29, 1.82) is 0 Å². The van der Waals surface area contributed by atoms with Crippen molar-refractivity contribution in [3.63, 3.8) is 0 Å². The zero-order valence-corrected chi connectivity index (χ0v) is 10.7. The first-order chi connectivity index (χ1) is 9.11. The molecule has 0 saturated heterocycles. The lowest BCUT2D eigenvalue weighted by atomic mass is 10.2. The Morgan fingerprint density at radius 3 is 2.53 bits per heavy atom. The van der Waals surface area contributed by atoms with Crippen LogP contribution in [0.15, 0.2) is 52.3 Å². The molecule has 0 aliphatic heterocycles. The van der Waals surface area contributed by atoms with Crippen molar-refractivity contribution in [2.24, 2.45) is 10.2 Å². The first kappa shape index (κ1) is 14.6. The quantitative estimate of drug-likeness (QED) is 0.475. The topological polar surface area (TPSA) is 77.3 Å². The molecule has 0 bridgehead atoms. The average molecular weight is 262 g/mol. The van der Waals surface area contributed by atoms with Crippen LogP contribution in [0.25, 0.3) is 0 Å². The number of amides is 1. The molecule has 0 unspecified atom stereocenters. The smallest absolute Gasteiger partial charge is 0.452 e. The van der Waals surface area contributed by atoms with Crippen molar-refractivity contribution in [3.05, 3.63) is 47.7 Å². The Morgan fingerprint density at radius 1 is 1.21 bits per heavy atom. The zero-order valence-electron chi connectivity index (χ0n) is 10.7. The Balaban J connectivity index is 2.43. The molecule has 0 heterocycles. The number of benzene rings is 1.